The molecule has 0 radical (unpaired) electrons. The van der Waals surface area contributed by atoms with Crippen molar-refractivity contribution in [1.82, 2.24) is 20.9 Å². The van der Waals surface area contributed by atoms with E-state index >= 15 is 0 Å². The highest BCUT2D eigenvalue weighted by molar-refractivity contribution is 14.0. The van der Waals surface area contributed by atoms with Crippen LogP contribution in [0.4, 0.5) is 0 Å². The van der Waals surface area contributed by atoms with Gasteiger partial charge in [-0.1, -0.05) is 19.3 Å². The Morgan fingerprint density at radius 2 is 1.69 bits per heavy atom. The molecule has 7 heteroatoms. The number of amides is 1. The largest absolute Gasteiger partial charge is 0.356 e. The molecule has 0 aromatic carbocycles. The molecular formula is C19H40IN5O. The lowest BCUT2D eigenvalue weighted by Crippen LogP contribution is -2.46. The molecule has 0 saturated heterocycles. The van der Waals surface area contributed by atoms with E-state index in [1.165, 1.54) is 19.3 Å². The number of halogens is 1. The quantitative estimate of drug-likeness (QED) is 0.205. The van der Waals surface area contributed by atoms with Crippen LogP contribution >= 0.6 is 24.0 Å². The van der Waals surface area contributed by atoms with Crippen molar-refractivity contribution < 1.29 is 4.79 Å². The minimum absolute atomic E-state index is 0. The van der Waals surface area contributed by atoms with Crippen LogP contribution in [0.25, 0.3) is 0 Å². The number of hydrogen-bond donors (Lipinski definition) is 3. The normalized spacial score (nSPS) is 15.9. The van der Waals surface area contributed by atoms with E-state index in [4.69, 9.17) is 0 Å². The van der Waals surface area contributed by atoms with Crippen molar-refractivity contribution in [2.45, 2.75) is 84.3 Å². The van der Waals surface area contributed by atoms with E-state index in [0.29, 0.717) is 24.1 Å². The summed E-state index contributed by atoms with van der Waals surface area (Å²) < 4.78 is 0. The van der Waals surface area contributed by atoms with E-state index in [-0.39, 0.29) is 36.4 Å². The van der Waals surface area contributed by atoms with Gasteiger partial charge in [-0.15, -0.1) is 24.0 Å². The van der Waals surface area contributed by atoms with E-state index in [9.17, 15) is 4.79 Å². The fourth-order valence-corrected chi connectivity index (χ4v) is 3.49. The molecular weight excluding hydrogens is 441 g/mol. The highest BCUT2D eigenvalue weighted by atomic mass is 127. The molecule has 0 unspecified atom stereocenters. The Balaban J connectivity index is 0.00000625. The molecule has 6 nitrogen and oxygen atoms in total. The third kappa shape index (κ3) is 10.5. The predicted molar refractivity (Wildman–Crippen MR) is 121 cm³/mol. The average Bonchev–Trinajstić information content (AvgIpc) is 2.57. The molecule has 1 saturated carbocycles. The maximum atomic E-state index is 12.0. The molecule has 1 aliphatic carbocycles. The van der Waals surface area contributed by atoms with Gasteiger partial charge in [0.05, 0.1) is 6.54 Å². The van der Waals surface area contributed by atoms with E-state index in [0.717, 1.165) is 32.4 Å². The lowest BCUT2D eigenvalue weighted by Gasteiger charge is -2.30. The second-order valence-electron chi connectivity index (χ2n) is 7.53. The zero-order valence-electron chi connectivity index (χ0n) is 17.3. The van der Waals surface area contributed by atoms with Gasteiger partial charge >= 0.3 is 0 Å². The van der Waals surface area contributed by atoms with Gasteiger partial charge in [0.1, 0.15) is 0 Å². The van der Waals surface area contributed by atoms with Gasteiger partial charge in [-0.25, -0.2) is 0 Å². The van der Waals surface area contributed by atoms with Gasteiger partial charge in [0.25, 0.3) is 0 Å². The first-order chi connectivity index (χ1) is 11.9. The summed E-state index contributed by atoms with van der Waals surface area (Å²) in [4.78, 5) is 18.7. The zero-order chi connectivity index (χ0) is 18.7. The first-order valence-corrected chi connectivity index (χ1v) is 9.93. The van der Waals surface area contributed by atoms with Gasteiger partial charge < -0.3 is 16.0 Å². The van der Waals surface area contributed by atoms with Crippen LogP contribution in [-0.4, -0.2) is 61.6 Å². The molecule has 1 amide bonds. The van der Waals surface area contributed by atoms with Gasteiger partial charge in [-0.05, 0) is 47.0 Å². The smallest absolute Gasteiger partial charge is 0.239 e. The topological polar surface area (TPSA) is 68.8 Å². The molecule has 1 aliphatic rings. The fourth-order valence-electron chi connectivity index (χ4n) is 3.49. The minimum atomic E-state index is 0. The van der Waals surface area contributed by atoms with Crippen molar-refractivity contribution in [3.8, 4) is 0 Å². The molecule has 0 spiro atoms. The van der Waals surface area contributed by atoms with Crippen LogP contribution < -0.4 is 16.0 Å². The van der Waals surface area contributed by atoms with Gasteiger partial charge in [0.2, 0.25) is 5.91 Å². The van der Waals surface area contributed by atoms with Crippen molar-refractivity contribution in [2.24, 2.45) is 4.99 Å². The van der Waals surface area contributed by atoms with E-state index in [1.54, 1.807) is 7.05 Å². The highest BCUT2D eigenvalue weighted by Gasteiger charge is 2.16. The molecule has 3 N–H and O–H groups in total. The fraction of sp³-hybridized carbons (Fsp3) is 0.895. The molecule has 0 aromatic heterocycles. The Kier molecular flexibility index (Phi) is 14.2. The summed E-state index contributed by atoms with van der Waals surface area (Å²) in [5.41, 5.74) is 0. The average molecular weight is 481 g/mol. The van der Waals surface area contributed by atoms with Crippen LogP contribution in [0.2, 0.25) is 0 Å². The number of aliphatic imine (C=N–C) groups is 1. The van der Waals surface area contributed by atoms with E-state index in [2.05, 4.69) is 53.5 Å². The summed E-state index contributed by atoms with van der Waals surface area (Å²) in [6.45, 7) is 11.1. The Bertz CT molecular complexity index is 401. The number of hydrogen-bond acceptors (Lipinski definition) is 3. The highest BCUT2D eigenvalue weighted by Crippen LogP contribution is 2.17. The number of rotatable bonds is 9. The Morgan fingerprint density at radius 3 is 2.23 bits per heavy atom. The number of nitrogens with zero attached hydrogens (tertiary/aromatic N) is 2. The lowest BCUT2D eigenvalue weighted by molar-refractivity contribution is -0.120. The summed E-state index contributed by atoms with van der Waals surface area (Å²) >= 11 is 0. The second-order valence-corrected chi connectivity index (χ2v) is 7.53. The molecule has 1 rings (SSSR count). The monoisotopic (exact) mass is 481 g/mol. The molecule has 0 aromatic rings. The van der Waals surface area contributed by atoms with Crippen LogP contribution in [0.1, 0.15) is 66.2 Å². The summed E-state index contributed by atoms with van der Waals surface area (Å²) in [5.74, 6) is 0.750. The molecule has 0 heterocycles. The Hall–Kier alpha value is -0.570. The van der Waals surface area contributed by atoms with Crippen molar-refractivity contribution in [3.63, 3.8) is 0 Å². The first kappa shape index (κ1) is 25.4. The minimum Gasteiger partial charge on any atom is -0.356 e. The molecule has 26 heavy (non-hydrogen) atoms. The zero-order valence-corrected chi connectivity index (χ0v) is 19.6. The van der Waals surface area contributed by atoms with Gasteiger partial charge in [0.15, 0.2) is 5.96 Å². The van der Waals surface area contributed by atoms with E-state index < -0.39 is 0 Å². The maximum absolute atomic E-state index is 12.0. The van der Waals surface area contributed by atoms with Crippen LogP contribution in [0.15, 0.2) is 4.99 Å². The number of guanidine groups is 1. The molecule has 0 bridgehead atoms. The molecule has 154 valence electrons. The Labute approximate surface area is 177 Å². The summed E-state index contributed by atoms with van der Waals surface area (Å²) in [5, 5.41) is 9.51. The second kappa shape index (κ2) is 14.5. The molecule has 0 atom stereocenters. The SMILES string of the molecule is CN=C(NCCCN(C(C)C)C(C)C)NCC(=O)NC1CCCCC1.I. The van der Waals surface area contributed by atoms with Crippen LogP contribution in [0.5, 0.6) is 0 Å². The van der Waals surface area contributed by atoms with Gasteiger partial charge in [-0.3, -0.25) is 14.7 Å². The predicted octanol–water partition coefficient (Wildman–Crippen LogP) is 2.73. The van der Waals surface area contributed by atoms with Gasteiger partial charge in [0, 0.05) is 38.3 Å². The molecule has 1 fully saturated rings. The van der Waals surface area contributed by atoms with Crippen LogP contribution in [0.3, 0.4) is 0 Å². The van der Waals surface area contributed by atoms with Crippen LogP contribution in [0, 0.1) is 0 Å². The van der Waals surface area contributed by atoms with Gasteiger partial charge in [-0.2, -0.15) is 0 Å². The van der Waals surface area contributed by atoms with Crippen LogP contribution in [-0.2, 0) is 4.79 Å². The molecule has 0 aliphatic heterocycles. The summed E-state index contributed by atoms with van der Waals surface area (Å²) in [6, 6.07) is 1.47. The summed E-state index contributed by atoms with van der Waals surface area (Å²) in [6.07, 6.45) is 7.02. The number of carbonyl (C=O) groups is 1. The van der Waals surface area contributed by atoms with Crippen molar-refractivity contribution >= 4 is 35.8 Å². The third-order valence-electron chi connectivity index (χ3n) is 4.82. The maximum Gasteiger partial charge on any atom is 0.239 e. The Morgan fingerprint density at radius 1 is 1.08 bits per heavy atom. The number of carbonyl (C=O) groups excluding carboxylic acids is 1. The van der Waals surface area contributed by atoms with E-state index in [1.807, 2.05) is 0 Å². The standard InChI is InChI=1S/C19H39N5O.HI/c1-15(2)24(16(3)4)13-9-12-21-19(20-5)22-14-18(25)23-17-10-7-6-8-11-17;/h15-17H,6-14H2,1-5H3,(H,23,25)(H2,20,21,22);1H. The lowest BCUT2D eigenvalue weighted by atomic mass is 9.95. The first-order valence-electron chi connectivity index (χ1n) is 9.93. The third-order valence-corrected chi connectivity index (χ3v) is 4.82. The van der Waals surface area contributed by atoms with Crippen molar-refractivity contribution in [1.29, 1.82) is 0 Å². The van der Waals surface area contributed by atoms with Crippen molar-refractivity contribution in [3.05, 3.63) is 0 Å². The summed E-state index contributed by atoms with van der Waals surface area (Å²) in [7, 11) is 1.74. The number of nitrogens with one attached hydrogen (secondary N) is 3. The van der Waals surface area contributed by atoms with Crippen molar-refractivity contribution in [2.75, 3.05) is 26.7 Å².